The van der Waals surface area contributed by atoms with Crippen molar-refractivity contribution in [3.8, 4) is 0 Å². The van der Waals surface area contributed by atoms with E-state index in [-0.39, 0.29) is 6.04 Å². The molecule has 0 amide bonds. The Balaban J connectivity index is 2.76. The molecular weight excluding hydrogens is 162 g/mol. The average molecular weight is 179 g/mol. The fourth-order valence-corrected chi connectivity index (χ4v) is 1.53. The predicted molar refractivity (Wildman–Crippen MR) is 55.3 cm³/mol. The molecule has 0 aliphatic heterocycles. The quantitative estimate of drug-likeness (QED) is 0.739. The van der Waals surface area contributed by atoms with Gasteiger partial charge in [0, 0.05) is 12.2 Å². The van der Waals surface area contributed by atoms with Gasteiger partial charge in [-0.2, -0.15) is 0 Å². The highest BCUT2D eigenvalue weighted by molar-refractivity contribution is 5.40. The molecule has 72 valence electrons. The molecule has 0 aliphatic rings. The third-order valence-electron chi connectivity index (χ3n) is 2.13. The van der Waals surface area contributed by atoms with Gasteiger partial charge in [-0.1, -0.05) is 13.0 Å². The van der Waals surface area contributed by atoms with Crippen LogP contribution in [0.1, 0.15) is 31.7 Å². The summed E-state index contributed by atoms with van der Waals surface area (Å²) in [5.74, 6) is 1.00. The van der Waals surface area contributed by atoms with Crippen LogP contribution >= 0.6 is 0 Å². The summed E-state index contributed by atoms with van der Waals surface area (Å²) in [6.45, 7) is 4.12. The van der Waals surface area contributed by atoms with Gasteiger partial charge in [-0.15, -0.1) is 0 Å². The van der Waals surface area contributed by atoms with Crippen molar-refractivity contribution in [2.45, 2.75) is 32.2 Å². The summed E-state index contributed by atoms with van der Waals surface area (Å²) in [5, 5.41) is 0. The van der Waals surface area contributed by atoms with E-state index in [1.165, 1.54) is 0 Å². The standard InChI is InChI=1S/C10H17N3/c1-7(6-8(2)11)9-4-3-5-13-10(9)12/h3-5,7-8H,6,11H2,1-2H3,(H2,12,13). The molecule has 0 spiro atoms. The second kappa shape index (κ2) is 4.23. The van der Waals surface area contributed by atoms with Crippen LogP contribution in [-0.2, 0) is 0 Å². The number of nitrogen functional groups attached to an aromatic ring is 1. The van der Waals surface area contributed by atoms with E-state index in [0.29, 0.717) is 11.7 Å². The lowest BCUT2D eigenvalue weighted by Gasteiger charge is -2.15. The molecule has 1 aromatic heterocycles. The molecule has 0 saturated heterocycles. The van der Waals surface area contributed by atoms with Crippen molar-refractivity contribution in [3.63, 3.8) is 0 Å². The molecule has 0 saturated carbocycles. The first-order chi connectivity index (χ1) is 6.11. The van der Waals surface area contributed by atoms with Gasteiger partial charge in [-0.25, -0.2) is 4.98 Å². The monoisotopic (exact) mass is 179 g/mol. The Kier molecular flexibility index (Phi) is 3.25. The number of nitrogens with zero attached hydrogens (tertiary/aromatic N) is 1. The molecule has 4 N–H and O–H groups in total. The number of hydrogen-bond donors (Lipinski definition) is 2. The van der Waals surface area contributed by atoms with Gasteiger partial charge in [0.2, 0.25) is 0 Å². The van der Waals surface area contributed by atoms with E-state index >= 15 is 0 Å². The largest absolute Gasteiger partial charge is 0.383 e. The SMILES string of the molecule is CC(N)CC(C)c1cccnc1N. The zero-order chi connectivity index (χ0) is 9.84. The Morgan fingerprint density at radius 1 is 1.46 bits per heavy atom. The Hall–Kier alpha value is -1.09. The molecule has 1 rings (SSSR count). The average Bonchev–Trinajstić information content (AvgIpc) is 2.03. The second-order valence-electron chi connectivity index (χ2n) is 3.59. The van der Waals surface area contributed by atoms with Crippen LogP contribution in [0.4, 0.5) is 5.82 Å². The first kappa shape index (κ1) is 9.99. The minimum absolute atomic E-state index is 0.203. The van der Waals surface area contributed by atoms with E-state index in [1.807, 2.05) is 19.1 Å². The topological polar surface area (TPSA) is 64.9 Å². The van der Waals surface area contributed by atoms with Crippen LogP contribution in [-0.4, -0.2) is 11.0 Å². The van der Waals surface area contributed by atoms with Gasteiger partial charge in [0.25, 0.3) is 0 Å². The number of anilines is 1. The third-order valence-corrected chi connectivity index (χ3v) is 2.13. The zero-order valence-electron chi connectivity index (χ0n) is 8.20. The van der Waals surface area contributed by atoms with Crippen molar-refractivity contribution in [1.82, 2.24) is 4.98 Å². The van der Waals surface area contributed by atoms with Crippen molar-refractivity contribution in [3.05, 3.63) is 23.9 Å². The number of hydrogen-bond acceptors (Lipinski definition) is 3. The summed E-state index contributed by atoms with van der Waals surface area (Å²) in [6.07, 6.45) is 2.65. The van der Waals surface area contributed by atoms with Crippen LogP contribution in [0.3, 0.4) is 0 Å². The molecule has 13 heavy (non-hydrogen) atoms. The highest BCUT2D eigenvalue weighted by Crippen LogP contribution is 2.23. The molecule has 0 aliphatic carbocycles. The molecule has 1 aromatic rings. The molecule has 3 heteroatoms. The molecule has 0 aromatic carbocycles. The summed E-state index contributed by atoms with van der Waals surface area (Å²) in [4.78, 5) is 4.04. The van der Waals surface area contributed by atoms with E-state index in [1.54, 1.807) is 6.20 Å². The van der Waals surface area contributed by atoms with Crippen LogP contribution in [0.5, 0.6) is 0 Å². The van der Waals surface area contributed by atoms with Crippen molar-refractivity contribution >= 4 is 5.82 Å². The van der Waals surface area contributed by atoms with Crippen molar-refractivity contribution in [2.75, 3.05) is 5.73 Å². The molecule has 2 atom stereocenters. The van der Waals surface area contributed by atoms with Gasteiger partial charge in [-0.05, 0) is 30.9 Å². The van der Waals surface area contributed by atoms with E-state index < -0.39 is 0 Å². The maximum absolute atomic E-state index is 5.75. The molecule has 1 heterocycles. The van der Waals surface area contributed by atoms with Gasteiger partial charge in [0.1, 0.15) is 5.82 Å². The Labute approximate surface area is 79.2 Å². The molecule has 0 bridgehead atoms. The molecule has 0 fully saturated rings. The van der Waals surface area contributed by atoms with Crippen molar-refractivity contribution in [1.29, 1.82) is 0 Å². The summed E-state index contributed by atoms with van der Waals surface area (Å²) in [7, 11) is 0. The maximum atomic E-state index is 5.75. The van der Waals surface area contributed by atoms with E-state index in [2.05, 4.69) is 11.9 Å². The van der Waals surface area contributed by atoms with E-state index in [0.717, 1.165) is 12.0 Å². The molecular formula is C10H17N3. The van der Waals surface area contributed by atoms with Crippen LogP contribution in [0.15, 0.2) is 18.3 Å². The number of nitrogens with two attached hydrogens (primary N) is 2. The van der Waals surface area contributed by atoms with Gasteiger partial charge >= 0.3 is 0 Å². The first-order valence-electron chi connectivity index (χ1n) is 4.57. The summed E-state index contributed by atoms with van der Waals surface area (Å²) in [6, 6.07) is 4.12. The Morgan fingerprint density at radius 3 is 2.69 bits per heavy atom. The van der Waals surface area contributed by atoms with Crippen molar-refractivity contribution < 1.29 is 0 Å². The lowest BCUT2D eigenvalue weighted by Crippen LogP contribution is -2.18. The number of aromatic nitrogens is 1. The highest BCUT2D eigenvalue weighted by Gasteiger charge is 2.10. The minimum atomic E-state index is 0.203. The summed E-state index contributed by atoms with van der Waals surface area (Å²) < 4.78 is 0. The van der Waals surface area contributed by atoms with Crippen LogP contribution < -0.4 is 11.5 Å². The van der Waals surface area contributed by atoms with Gasteiger partial charge < -0.3 is 11.5 Å². The summed E-state index contributed by atoms with van der Waals surface area (Å²) >= 11 is 0. The normalized spacial score (nSPS) is 15.3. The fraction of sp³-hybridized carbons (Fsp3) is 0.500. The number of rotatable bonds is 3. The van der Waals surface area contributed by atoms with Crippen LogP contribution in [0, 0.1) is 0 Å². The first-order valence-corrected chi connectivity index (χ1v) is 4.57. The van der Waals surface area contributed by atoms with E-state index in [9.17, 15) is 0 Å². The van der Waals surface area contributed by atoms with Crippen LogP contribution in [0.25, 0.3) is 0 Å². The van der Waals surface area contributed by atoms with Crippen LogP contribution in [0.2, 0.25) is 0 Å². The highest BCUT2D eigenvalue weighted by atomic mass is 14.8. The van der Waals surface area contributed by atoms with Crippen molar-refractivity contribution in [2.24, 2.45) is 5.73 Å². The lowest BCUT2D eigenvalue weighted by atomic mass is 9.95. The Morgan fingerprint density at radius 2 is 2.15 bits per heavy atom. The second-order valence-corrected chi connectivity index (χ2v) is 3.59. The Bertz CT molecular complexity index is 271. The zero-order valence-corrected chi connectivity index (χ0v) is 8.20. The number of pyridine rings is 1. The molecule has 2 unspecified atom stereocenters. The van der Waals surface area contributed by atoms with E-state index in [4.69, 9.17) is 11.5 Å². The van der Waals surface area contributed by atoms with Gasteiger partial charge in [0.05, 0.1) is 0 Å². The van der Waals surface area contributed by atoms with Gasteiger partial charge in [-0.3, -0.25) is 0 Å². The smallest absolute Gasteiger partial charge is 0.126 e. The lowest BCUT2D eigenvalue weighted by molar-refractivity contribution is 0.586. The fourth-order valence-electron chi connectivity index (χ4n) is 1.53. The van der Waals surface area contributed by atoms with Gasteiger partial charge in [0.15, 0.2) is 0 Å². The third kappa shape index (κ3) is 2.70. The predicted octanol–water partition coefficient (Wildman–Crippen LogP) is 1.50. The summed E-state index contributed by atoms with van der Waals surface area (Å²) in [5.41, 5.74) is 12.6. The minimum Gasteiger partial charge on any atom is -0.383 e. The maximum Gasteiger partial charge on any atom is 0.126 e. The molecule has 3 nitrogen and oxygen atoms in total. The molecule has 0 radical (unpaired) electrons.